The number of hydrogen-bond donors (Lipinski definition) is 1. The lowest BCUT2D eigenvalue weighted by Crippen LogP contribution is -2.59. The molecule has 0 radical (unpaired) electrons. The Balaban J connectivity index is 1.10. The van der Waals surface area contributed by atoms with E-state index in [2.05, 4.69) is 82.7 Å². The molecule has 2 aromatic carbocycles. The molecule has 3 nitrogen and oxygen atoms in total. The van der Waals surface area contributed by atoms with Gasteiger partial charge in [-0.25, -0.2) is 0 Å². The lowest BCUT2D eigenvalue weighted by atomic mass is 9.48. The van der Waals surface area contributed by atoms with E-state index in [0.29, 0.717) is 17.5 Å². The van der Waals surface area contributed by atoms with Crippen LogP contribution in [-0.2, 0) is 0 Å². The van der Waals surface area contributed by atoms with E-state index in [1.54, 1.807) is 0 Å². The molecule has 4 heteroatoms. The van der Waals surface area contributed by atoms with Crippen LogP contribution in [0.15, 0.2) is 60.7 Å². The molecule has 4 bridgehead atoms. The molecule has 1 heterocycles. The van der Waals surface area contributed by atoms with Gasteiger partial charge in [-0.1, -0.05) is 60.7 Å². The Morgan fingerprint density at radius 3 is 1.74 bits per heavy atom. The number of nitrogens with one attached hydrogen (secondary N) is 1. The van der Waals surface area contributed by atoms with Crippen LogP contribution in [0, 0.1) is 23.2 Å². The van der Waals surface area contributed by atoms with Gasteiger partial charge in [0.05, 0.1) is 6.04 Å². The maximum absolute atomic E-state index is 5.99. The fourth-order valence-electron chi connectivity index (χ4n) is 8.21. The van der Waals surface area contributed by atoms with E-state index in [1.807, 2.05) is 0 Å². The molecule has 5 fully saturated rings. The van der Waals surface area contributed by atoms with Crippen molar-refractivity contribution in [2.24, 2.45) is 23.2 Å². The van der Waals surface area contributed by atoms with E-state index in [-0.39, 0.29) is 0 Å². The summed E-state index contributed by atoms with van der Waals surface area (Å²) in [5, 5.41) is 4.84. The Hall–Kier alpha value is -1.91. The highest BCUT2D eigenvalue weighted by atomic mass is 32.1. The maximum Gasteiger partial charge on any atom is 0.169 e. The molecule has 1 saturated heterocycles. The van der Waals surface area contributed by atoms with Crippen LogP contribution in [-0.4, -0.2) is 47.1 Å². The quantitative estimate of drug-likeness (QED) is 0.547. The van der Waals surface area contributed by atoms with Crippen LogP contribution in [0.1, 0.15) is 62.6 Å². The molecular weight excluding hydrogens is 434 g/mol. The second-order valence-electron chi connectivity index (χ2n) is 11.7. The number of piperazine rings is 1. The summed E-state index contributed by atoms with van der Waals surface area (Å²) in [6, 6.07) is 22.7. The molecule has 4 aliphatic carbocycles. The first kappa shape index (κ1) is 22.5. The molecule has 7 rings (SSSR count). The van der Waals surface area contributed by atoms with Gasteiger partial charge >= 0.3 is 0 Å². The van der Waals surface area contributed by atoms with Crippen LogP contribution in [0.5, 0.6) is 0 Å². The van der Waals surface area contributed by atoms with Crippen LogP contribution in [0.25, 0.3) is 0 Å². The molecule has 1 unspecified atom stereocenters. The number of thiocarbonyl (C=S) groups is 1. The topological polar surface area (TPSA) is 18.5 Å². The number of hydrogen-bond acceptors (Lipinski definition) is 2. The molecular formula is C30H39N3S. The number of benzene rings is 2. The Kier molecular flexibility index (Phi) is 6.15. The third-order valence-electron chi connectivity index (χ3n) is 9.54. The highest BCUT2D eigenvalue weighted by Crippen LogP contribution is 2.61. The first-order chi connectivity index (χ1) is 16.6. The van der Waals surface area contributed by atoms with Crippen molar-refractivity contribution in [2.45, 2.75) is 57.5 Å². The minimum absolute atomic E-state index is 0.303. The molecule has 1 N–H and O–H groups in total. The zero-order valence-corrected chi connectivity index (χ0v) is 21.4. The smallest absolute Gasteiger partial charge is 0.169 e. The zero-order valence-electron chi connectivity index (χ0n) is 20.5. The highest BCUT2D eigenvalue weighted by Gasteiger charge is 2.53. The highest BCUT2D eigenvalue weighted by molar-refractivity contribution is 7.80. The van der Waals surface area contributed by atoms with Gasteiger partial charge in [-0.2, -0.15) is 0 Å². The average Bonchev–Trinajstić information content (AvgIpc) is 2.85. The van der Waals surface area contributed by atoms with Gasteiger partial charge in [0.15, 0.2) is 5.11 Å². The standard InChI is InChI=1S/C30H39N3S/c1-22(30-19-23-16-24(20-30)18-25(17-23)21-30)31-29(34)33-14-12-32(13-15-33)28(26-8-4-2-5-9-26)27-10-6-3-7-11-27/h2-11,22-25,28H,12-21H2,1H3,(H,31,34). The molecule has 180 valence electrons. The normalized spacial score (nSPS) is 31.6. The summed E-state index contributed by atoms with van der Waals surface area (Å²) in [6.07, 6.45) is 8.80. The second-order valence-corrected chi connectivity index (χ2v) is 12.1. The van der Waals surface area contributed by atoms with Crippen LogP contribution >= 0.6 is 12.2 Å². The third kappa shape index (κ3) is 4.28. The largest absolute Gasteiger partial charge is 0.360 e. The SMILES string of the molecule is CC(NC(=S)N1CCN(C(c2ccccc2)c2ccccc2)CC1)C12CC3CC(CC(C3)C1)C2. The first-order valence-corrected chi connectivity index (χ1v) is 13.9. The zero-order chi connectivity index (χ0) is 23.1. The minimum Gasteiger partial charge on any atom is -0.360 e. The van der Waals surface area contributed by atoms with Crippen LogP contribution in [0.4, 0.5) is 0 Å². The molecule has 0 aromatic heterocycles. The second kappa shape index (κ2) is 9.28. The summed E-state index contributed by atoms with van der Waals surface area (Å²) in [6.45, 7) is 6.48. The lowest BCUT2D eigenvalue weighted by Gasteiger charge is -2.59. The Morgan fingerprint density at radius 2 is 1.26 bits per heavy atom. The third-order valence-corrected chi connectivity index (χ3v) is 9.92. The van der Waals surface area contributed by atoms with Gasteiger partial charge in [-0.05, 0) is 92.0 Å². The van der Waals surface area contributed by atoms with E-state index in [0.717, 1.165) is 49.0 Å². The van der Waals surface area contributed by atoms with E-state index in [4.69, 9.17) is 12.2 Å². The van der Waals surface area contributed by atoms with Gasteiger partial charge in [0, 0.05) is 32.2 Å². The predicted molar refractivity (Wildman–Crippen MR) is 144 cm³/mol. The predicted octanol–water partition coefficient (Wildman–Crippen LogP) is 5.87. The van der Waals surface area contributed by atoms with Gasteiger partial charge in [0.2, 0.25) is 0 Å². The average molecular weight is 474 g/mol. The van der Waals surface area contributed by atoms with Gasteiger partial charge in [0.1, 0.15) is 0 Å². The molecule has 5 aliphatic rings. The fraction of sp³-hybridized carbons (Fsp3) is 0.567. The lowest BCUT2D eigenvalue weighted by molar-refractivity contribution is -0.0676. The molecule has 2 aromatic rings. The number of nitrogens with zero attached hydrogens (tertiary/aromatic N) is 2. The molecule has 1 atom stereocenters. The van der Waals surface area contributed by atoms with Crippen molar-refractivity contribution in [3.63, 3.8) is 0 Å². The van der Waals surface area contributed by atoms with Gasteiger partial charge in [-0.15, -0.1) is 0 Å². The van der Waals surface area contributed by atoms with Crippen LogP contribution < -0.4 is 5.32 Å². The number of rotatable bonds is 5. The van der Waals surface area contributed by atoms with Crippen molar-refractivity contribution in [1.29, 1.82) is 0 Å². The van der Waals surface area contributed by atoms with Crippen molar-refractivity contribution in [3.05, 3.63) is 71.8 Å². The fourth-order valence-corrected chi connectivity index (χ4v) is 8.56. The van der Waals surface area contributed by atoms with E-state index in [9.17, 15) is 0 Å². The summed E-state index contributed by atoms with van der Waals surface area (Å²) < 4.78 is 0. The monoisotopic (exact) mass is 473 g/mol. The first-order valence-electron chi connectivity index (χ1n) is 13.5. The summed E-state index contributed by atoms with van der Waals surface area (Å²) in [5.41, 5.74) is 3.24. The van der Waals surface area contributed by atoms with E-state index in [1.165, 1.54) is 49.7 Å². The van der Waals surface area contributed by atoms with Crippen molar-refractivity contribution in [3.8, 4) is 0 Å². The molecule has 0 amide bonds. The Bertz CT molecular complexity index is 908. The van der Waals surface area contributed by atoms with E-state index >= 15 is 0 Å². The molecule has 0 spiro atoms. The van der Waals surface area contributed by atoms with Crippen molar-refractivity contribution in [1.82, 2.24) is 15.1 Å². The van der Waals surface area contributed by atoms with Gasteiger partial charge in [0.25, 0.3) is 0 Å². The maximum atomic E-state index is 5.99. The van der Waals surface area contributed by atoms with Crippen LogP contribution in [0.3, 0.4) is 0 Å². The Morgan fingerprint density at radius 1 is 0.794 bits per heavy atom. The van der Waals surface area contributed by atoms with Crippen LogP contribution in [0.2, 0.25) is 0 Å². The summed E-state index contributed by atoms with van der Waals surface area (Å²) in [5.74, 6) is 2.96. The van der Waals surface area contributed by atoms with Gasteiger partial charge < -0.3 is 10.2 Å². The van der Waals surface area contributed by atoms with E-state index < -0.39 is 0 Å². The molecule has 4 saturated carbocycles. The van der Waals surface area contributed by atoms with Crippen molar-refractivity contribution >= 4 is 17.3 Å². The summed E-state index contributed by atoms with van der Waals surface area (Å²) in [7, 11) is 0. The summed E-state index contributed by atoms with van der Waals surface area (Å²) in [4.78, 5) is 5.06. The minimum atomic E-state index is 0.303. The van der Waals surface area contributed by atoms with Crippen molar-refractivity contribution in [2.75, 3.05) is 26.2 Å². The molecule has 1 aliphatic heterocycles. The Labute approximate surface area is 210 Å². The summed E-state index contributed by atoms with van der Waals surface area (Å²) >= 11 is 5.99. The molecule has 34 heavy (non-hydrogen) atoms. The van der Waals surface area contributed by atoms with Crippen molar-refractivity contribution < 1.29 is 0 Å². The van der Waals surface area contributed by atoms with Gasteiger partial charge in [-0.3, -0.25) is 4.90 Å².